The highest BCUT2D eigenvalue weighted by atomic mass is 16.5. The van der Waals surface area contributed by atoms with Crippen LogP contribution in [0.2, 0.25) is 0 Å². The van der Waals surface area contributed by atoms with Crippen LogP contribution in [0.15, 0.2) is 42.6 Å². The van der Waals surface area contributed by atoms with Gasteiger partial charge in [-0.2, -0.15) is 4.98 Å². The van der Waals surface area contributed by atoms with Crippen LogP contribution in [0.25, 0.3) is 0 Å². The maximum absolute atomic E-state index is 12.4. The first-order valence-electron chi connectivity index (χ1n) is 6.51. The number of carbonyl (C=O) groups excluding carboxylic acids is 1. The van der Waals surface area contributed by atoms with Crippen LogP contribution in [0.1, 0.15) is 11.6 Å². The molecule has 6 nitrogen and oxygen atoms in total. The Hall–Kier alpha value is -2.63. The Morgan fingerprint density at radius 1 is 1.24 bits per heavy atom. The van der Waals surface area contributed by atoms with E-state index in [1.165, 1.54) is 12.0 Å². The fourth-order valence-corrected chi connectivity index (χ4v) is 1.85. The summed E-state index contributed by atoms with van der Waals surface area (Å²) in [6.07, 6.45) is 1.58. The summed E-state index contributed by atoms with van der Waals surface area (Å²) >= 11 is 0. The highest BCUT2D eigenvalue weighted by molar-refractivity contribution is 5.85. The molecule has 0 aliphatic rings. The van der Waals surface area contributed by atoms with Crippen molar-refractivity contribution in [2.45, 2.75) is 6.04 Å². The Balaban J connectivity index is 2.30. The summed E-state index contributed by atoms with van der Waals surface area (Å²) in [6.45, 7) is 0. The zero-order valence-electron chi connectivity index (χ0n) is 12.3. The SMILES string of the molecule is COc1ccnc(N[C@H](C(=O)N(C)C)c2ccccc2)n1. The molecule has 21 heavy (non-hydrogen) atoms. The van der Waals surface area contributed by atoms with Gasteiger partial charge in [0.25, 0.3) is 0 Å². The molecule has 6 heteroatoms. The van der Waals surface area contributed by atoms with Crippen molar-refractivity contribution in [2.24, 2.45) is 0 Å². The van der Waals surface area contributed by atoms with Gasteiger partial charge in [0.1, 0.15) is 6.04 Å². The lowest BCUT2D eigenvalue weighted by Crippen LogP contribution is -2.33. The average molecular weight is 286 g/mol. The van der Waals surface area contributed by atoms with Crippen molar-refractivity contribution >= 4 is 11.9 Å². The molecule has 0 saturated carbocycles. The number of likely N-dealkylation sites (N-methyl/N-ethyl adjacent to an activating group) is 1. The molecule has 0 saturated heterocycles. The van der Waals surface area contributed by atoms with E-state index in [-0.39, 0.29) is 5.91 Å². The molecule has 0 fully saturated rings. The number of benzene rings is 1. The Morgan fingerprint density at radius 2 is 1.95 bits per heavy atom. The van der Waals surface area contributed by atoms with E-state index < -0.39 is 6.04 Å². The van der Waals surface area contributed by atoms with Gasteiger partial charge in [0.05, 0.1) is 7.11 Å². The lowest BCUT2D eigenvalue weighted by atomic mass is 10.1. The molecule has 1 heterocycles. The van der Waals surface area contributed by atoms with Gasteiger partial charge >= 0.3 is 0 Å². The van der Waals surface area contributed by atoms with Crippen molar-refractivity contribution < 1.29 is 9.53 Å². The maximum Gasteiger partial charge on any atom is 0.249 e. The number of amides is 1. The van der Waals surface area contributed by atoms with E-state index >= 15 is 0 Å². The van der Waals surface area contributed by atoms with Gasteiger partial charge in [0.2, 0.25) is 17.7 Å². The smallest absolute Gasteiger partial charge is 0.249 e. The predicted molar refractivity (Wildman–Crippen MR) is 80.1 cm³/mol. The monoisotopic (exact) mass is 286 g/mol. The summed E-state index contributed by atoms with van der Waals surface area (Å²) < 4.78 is 5.06. The molecular formula is C15H18N4O2. The summed E-state index contributed by atoms with van der Waals surface area (Å²) in [4.78, 5) is 22.2. The molecule has 1 atom stereocenters. The van der Waals surface area contributed by atoms with E-state index in [0.29, 0.717) is 11.8 Å². The van der Waals surface area contributed by atoms with E-state index in [2.05, 4.69) is 15.3 Å². The highest BCUT2D eigenvalue weighted by Crippen LogP contribution is 2.20. The van der Waals surface area contributed by atoms with Crippen molar-refractivity contribution in [2.75, 3.05) is 26.5 Å². The first kappa shape index (κ1) is 14.8. The number of rotatable bonds is 5. The van der Waals surface area contributed by atoms with Gasteiger partial charge in [-0.05, 0) is 5.56 Å². The number of hydrogen-bond acceptors (Lipinski definition) is 5. The molecule has 0 spiro atoms. The zero-order valence-corrected chi connectivity index (χ0v) is 12.3. The van der Waals surface area contributed by atoms with Gasteiger partial charge in [-0.25, -0.2) is 4.98 Å². The topological polar surface area (TPSA) is 67.3 Å². The second kappa shape index (κ2) is 6.69. The Morgan fingerprint density at radius 3 is 2.57 bits per heavy atom. The molecule has 110 valence electrons. The van der Waals surface area contributed by atoms with E-state index in [0.717, 1.165) is 5.56 Å². The summed E-state index contributed by atoms with van der Waals surface area (Å²) in [6, 6.07) is 10.6. The molecule has 1 N–H and O–H groups in total. The number of nitrogens with zero attached hydrogens (tertiary/aromatic N) is 3. The summed E-state index contributed by atoms with van der Waals surface area (Å²) in [7, 11) is 4.96. The Kier molecular flexibility index (Phi) is 4.71. The lowest BCUT2D eigenvalue weighted by molar-refractivity contribution is -0.129. The van der Waals surface area contributed by atoms with Crippen molar-refractivity contribution in [3.05, 3.63) is 48.2 Å². The van der Waals surface area contributed by atoms with Gasteiger partial charge in [-0.3, -0.25) is 4.79 Å². The largest absolute Gasteiger partial charge is 0.481 e. The number of anilines is 1. The van der Waals surface area contributed by atoms with Crippen molar-refractivity contribution in [1.29, 1.82) is 0 Å². The third-order valence-electron chi connectivity index (χ3n) is 2.93. The molecule has 0 aliphatic carbocycles. The first-order chi connectivity index (χ1) is 10.1. The molecule has 0 unspecified atom stereocenters. The first-order valence-corrected chi connectivity index (χ1v) is 6.51. The summed E-state index contributed by atoms with van der Waals surface area (Å²) in [5, 5.41) is 3.06. The van der Waals surface area contributed by atoms with Crippen LogP contribution in [0.5, 0.6) is 5.88 Å². The van der Waals surface area contributed by atoms with Gasteiger partial charge in [-0.1, -0.05) is 30.3 Å². The minimum atomic E-state index is -0.548. The Bertz CT molecular complexity index is 602. The quantitative estimate of drug-likeness (QED) is 0.906. The highest BCUT2D eigenvalue weighted by Gasteiger charge is 2.23. The number of nitrogens with one attached hydrogen (secondary N) is 1. The molecule has 0 bridgehead atoms. The normalized spacial score (nSPS) is 11.6. The number of ether oxygens (including phenoxy) is 1. The van der Waals surface area contributed by atoms with Crippen molar-refractivity contribution in [1.82, 2.24) is 14.9 Å². The second-order valence-corrected chi connectivity index (χ2v) is 4.64. The standard InChI is InChI=1S/C15H18N4O2/c1-19(2)14(20)13(11-7-5-4-6-8-11)18-15-16-10-9-12(17-15)21-3/h4-10,13H,1-3H3,(H,16,17,18)/t13-/m0/s1. The van der Waals surface area contributed by atoms with Crippen LogP contribution >= 0.6 is 0 Å². The van der Waals surface area contributed by atoms with Crippen molar-refractivity contribution in [3.8, 4) is 5.88 Å². The van der Waals surface area contributed by atoms with Crippen molar-refractivity contribution in [3.63, 3.8) is 0 Å². The average Bonchev–Trinajstić information content (AvgIpc) is 2.53. The lowest BCUT2D eigenvalue weighted by Gasteiger charge is -2.22. The molecular weight excluding hydrogens is 268 g/mol. The molecule has 0 radical (unpaired) electrons. The van der Waals surface area contributed by atoms with E-state index in [1.54, 1.807) is 26.4 Å². The number of carbonyl (C=O) groups is 1. The summed E-state index contributed by atoms with van der Waals surface area (Å²) in [5.74, 6) is 0.711. The Labute approximate surface area is 123 Å². The number of methoxy groups -OCH3 is 1. The van der Waals surface area contributed by atoms with Crippen LogP contribution in [0.4, 0.5) is 5.95 Å². The minimum Gasteiger partial charge on any atom is -0.481 e. The fourth-order valence-electron chi connectivity index (χ4n) is 1.85. The van der Waals surface area contributed by atoms with Crippen LogP contribution in [-0.2, 0) is 4.79 Å². The number of aromatic nitrogens is 2. The molecule has 1 aromatic heterocycles. The molecule has 1 amide bonds. The third kappa shape index (κ3) is 3.68. The second-order valence-electron chi connectivity index (χ2n) is 4.64. The maximum atomic E-state index is 12.4. The van der Waals surface area contributed by atoms with Gasteiger partial charge in [-0.15, -0.1) is 0 Å². The third-order valence-corrected chi connectivity index (χ3v) is 2.93. The zero-order chi connectivity index (χ0) is 15.2. The minimum absolute atomic E-state index is 0.0763. The van der Waals surface area contributed by atoms with Crippen LogP contribution in [0, 0.1) is 0 Å². The predicted octanol–water partition coefficient (Wildman–Crippen LogP) is 1.73. The molecule has 1 aromatic carbocycles. The van der Waals surface area contributed by atoms with Gasteiger partial charge < -0.3 is 15.0 Å². The fraction of sp³-hybridized carbons (Fsp3) is 0.267. The van der Waals surface area contributed by atoms with Gasteiger partial charge in [0, 0.05) is 26.4 Å². The van der Waals surface area contributed by atoms with Crippen LogP contribution in [0.3, 0.4) is 0 Å². The van der Waals surface area contributed by atoms with Crippen LogP contribution < -0.4 is 10.1 Å². The summed E-state index contributed by atoms with van der Waals surface area (Å²) in [5.41, 5.74) is 0.850. The van der Waals surface area contributed by atoms with Gasteiger partial charge in [0.15, 0.2) is 0 Å². The van der Waals surface area contributed by atoms with E-state index in [1.807, 2.05) is 30.3 Å². The van der Waals surface area contributed by atoms with Crippen LogP contribution in [-0.4, -0.2) is 42.0 Å². The molecule has 0 aliphatic heterocycles. The van der Waals surface area contributed by atoms with E-state index in [9.17, 15) is 4.79 Å². The molecule has 2 rings (SSSR count). The number of hydrogen-bond donors (Lipinski definition) is 1. The van der Waals surface area contributed by atoms with E-state index in [4.69, 9.17) is 4.74 Å². The molecule has 2 aromatic rings.